The Hall–Kier alpha value is -2.15. The van der Waals surface area contributed by atoms with E-state index in [0.717, 1.165) is 50.6 Å². The van der Waals surface area contributed by atoms with Crippen LogP contribution in [-0.2, 0) is 0 Å². The molecule has 7 nitrogen and oxygen atoms in total. The molecule has 1 aromatic carbocycles. The molecule has 1 saturated heterocycles. The maximum Gasteiger partial charge on any atom is 0.209 e. The number of piperazine rings is 1. The SMILES string of the molecule is CCC[C@H](c1nnnn1C1CCCC1)[NH+]1CCN(c2ccc(OC)cc2)CC1. The number of methoxy groups -OCH3 is 1. The lowest BCUT2D eigenvalue weighted by Crippen LogP contribution is -3.15. The molecule has 7 heteroatoms. The van der Waals surface area contributed by atoms with Crippen LogP contribution in [0.25, 0.3) is 0 Å². The van der Waals surface area contributed by atoms with Gasteiger partial charge in [-0.3, -0.25) is 0 Å². The number of quaternary nitrogens is 1. The normalized spacial score (nSPS) is 19.9. The van der Waals surface area contributed by atoms with Gasteiger partial charge in [0, 0.05) is 12.1 Å². The molecule has 1 aromatic heterocycles. The molecule has 0 unspecified atom stereocenters. The minimum Gasteiger partial charge on any atom is -0.497 e. The Bertz CT molecular complexity index is 732. The zero-order valence-corrected chi connectivity index (χ0v) is 17.2. The molecular weight excluding hydrogens is 352 g/mol. The van der Waals surface area contributed by atoms with E-state index in [1.165, 1.54) is 31.4 Å². The van der Waals surface area contributed by atoms with Gasteiger partial charge >= 0.3 is 0 Å². The van der Waals surface area contributed by atoms with Gasteiger partial charge < -0.3 is 14.5 Å². The van der Waals surface area contributed by atoms with Crippen molar-refractivity contribution in [3.8, 4) is 5.75 Å². The van der Waals surface area contributed by atoms with Crippen LogP contribution in [0, 0.1) is 0 Å². The van der Waals surface area contributed by atoms with Gasteiger partial charge in [0.25, 0.3) is 0 Å². The van der Waals surface area contributed by atoms with Crippen molar-refractivity contribution >= 4 is 5.69 Å². The lowest BCUT2D eigenvalue weighted by molar-refractivity contribution is -0.933. The van der Waals surface area contributed by atoms with E-state index in [1.807, 2.05) is 12.1 Å². The molecule has 152 valence electrons. The highest BCUT2D eigenvalue weighted by Gasteiger charge is 2.34. The lowest BCUT2D eigenvalue weighted by atomic mass is 10.1. The third kappa shape index (κ3) is 3.99. The fraction of sp³-hybridized carbons (Fsp3) is 0.667. The summed E-state index contributed by atoms with van der Waals surface area (Å²) in [6.07, 6.45) is 7.35. The van der Waals surface area contributed by atoms with Crippen LogP contribution < -0.4 is 14.5 Å². The van der Waals surface area contributed by atoms with Crippen molar-refractivity contribution < 1.29 is 9.64 Å². The van der Waals surface area contributed by atoms with Crippen molar-refractivity contribution in [2.75, 3.05) is 38.2 Å². The van der Waals surface area contributed by atoms with Gasteiger partial charge in [-0.05, 0) is 47.5 Å². The summed E-state index contributed by atoms with van der Waals surface area (Å²) in [6.45, 7) is 6.63. The van der Waals surface area contributed by atoms with Crippen LogP contribution in [0.2, 0.25) is 0 Å². The summed E-state index contributed by atoms with van der Waals surface area (Å²) in [5.74, 6) is 2.02. The number of nitrogens with one attached hydrogen (secondary N) is 1. The van der Waals surface area contributed by atoms with Gasteiger partial charge in [-0.2, -0.15) is 0 Å². The first-order valence-corrected chi connectivity index (χ1v) is 10.8. The van der Waals surface area contributed by atoms with Gasteiger partial charge in [-0.15, -0.1) is 5.10 Å². The van der Waals surface area contributed by atoms with Crippen molar-refractivity contribution in [3.05, 3.63) is 30.1 Å². The Labute approximate surface area is 167 Å². The van der Waals surface area contributed by atoms with Gasteiger partial charge in [0.15, 0.2) is 0 Å². The van der Waals surface area contributed by atoms with E-state index in [1.54, 1.807) is 12.0 Å². The molecule has 2 fully saturated rings. The Morgan fingerprint density at radius 3 is 2.50 bits per heavy atom. The van der Waals surface area contributed by atoms with Crippen LogP contribution in [0.3, 0.4) is 0 Å². The van der Waals surface area contributed by atoms with Crippen LogP contribution in [0.1, 0.15) is 63.4 Å². The maximum atomic E-state index is 5.28. The van der Waals surface area contributed by atoms with E-state index in [0.29, 0.717) is 12.1 Å². The number of aromatic nitrogens is 4. The van der Waals surface area contributed by atoms with Gasteiger partial charge in [-0.25, -0.2) is 4.68 Å². The highest BCUT2D eigenvalue weighted by atomic mass is 16.5. The number of rotatable bonds is 7. The first-order valence-electron chi connectivity index (χ1n) is 10.8. The molecule has 0 amide bonds. The van der Waals surface area contributed by atoms with E-state index in [-0.39, 0.29) is 0 Å². The van der Waals surface area contributed by atoms with Gasteiger partial charge in [0.1, 0.15) is 11.8 Å². The number of nitrogens with zero attached hydrogens (tertiary/aromatic N) is 5. The molecule has 2 heterocycles. The van der Waals surface area contributed by atoms with Crippen LogP contribution in [0.15, 0.2) is 24.3 Å². The number of benzene rings is 1. The molecule has 4 rings (SSSR count). The minimum atomic E-state index is 0.401. The standard InChI is InChI=1S/C21H32N6O/c1-3-6-20(21-22-23-24-27(21)18-7-4-5-8-18)26-15-13-25(14-16-26)17-9-11-19(28-2)12-10-17/h9-12,18,20H,3-8,13-16H2,1-2H3/p+1/t20-/m1/s1. The first kappa shape index (κ1) is 19.2. The summed E-state index contributed by atoms with van der Waals surface area (Å²) < 4.78 is 7.45. The lowest BCUT2D eigenvalue weighted by Gasteiger charge is -2.37. The number of hydrogen-bond donors (Lipinski definition) is 1. The second kappa shape index (κ2) is 8.90. The Morgan fingerprint density at radius 1 is 1.14 bits per heavy atom. The predicted octanol–water partition coefficient (Wildman–Crippen LogP) is 2.04. The summed E-state index contributed by atoms with van der Waals surface area (Å²) in [7, 11) is 1.71. The molecule has 0 spiro atoms. The smallest absolute Gasteiger partial charge is 0.209 e. The highest BCUT2D eigenvalue weighted by molar-refractivity contribution is 5.49. The van der Waals surface area contributed by atoms with Crippen molar-refractivity contribution in [1.82, 2.24) is 20.2 Å². The molecule has 1 atom stereocenters. The van der Waals surface area contributed by atoms with Crippen LogP contribution in [0.5, 0.6) is 5.75 Å². The molecule has 1 aliphatic carbocycles. The summed E-state index contributed by atoms with van der Waals surface area (Å²) >= 11 is 0. The van der Waals surface area contributed by atoms with E-state index in [9.17, 15) is 0 Å². The van der Waals surface area contributed by atoms with E-state index in [4.69, 9.17) is 4.74 Å². The van der Waals surface area contributed by atoms with Crippen molar-refractivity contribution in [3.63, 3.8) is 0 Å². The number of tetrazole rings is 1. The molecule has 28 heavy (non-hydrogen) atoms. The van der Waals surface area contributed by atoms with E-state index < -0.39 is 0 Å². The molecule has 0 bridgehead atoms. The summed E-state index contributed by atoms with van der Waals surface area (Å²) in [5.41, 5.74) is 1.28. The average Bonchev–Trinajstić information content (AvgIpc) is 3.44. The largest absolute Gasteiger partial charge is 0.497 e. The zero-order valence-electron chi connectivity index (χ0n) is 17.2. The fourth-order valence-corrected chi connectivity index (χ4v) is 4.84. The molecule has 0 radical (unpaired) electrons. The van der Waals surface area contributed by atoms with Crippen LogP contribution in [-0.4, -0.2) is 53.5 Å². The Kier molecular flexibility index (Phi) is 6.10. The second-order valence-corrected chi connectivity index (χ2v) is 8.10. The highest BCUT2D eigenvalue weighted by Crippen LogP contribution is 2.30. The molecule has 2 aromatic rings. The van der Waals surface area contributed by atoms with Gasteiger partial charge in [0.2, 0.25) is 5.82 Å². The number of ether oxygens (including phenoxy) is 1. The topological polar surface area (TPSA) is 60.5 Å². The fourth-order valence-electron chi connectivity index (χ4n) is 4.84. The molecule has 1 N–H and O–H groups in total. The molecule has 2 aliphatic rings. The first-order chi connectivity index (χ1) is 13.8. The Morgan fingerprint density at radius 2 is 1.86 bits per heavy atom. The van der Waals surface area contributed by atoms with Gasteiger partial charge in [0.05, 0.1) is 39.3 Å². The summed E-state index contributed by atoms with van der Waals surface area (Å²) in [6, 6.07) is 9.32. The van der Waals surface area contributed by atoms with Gasteiger partial charge in [-0.1, -0.05) is 26.2 Å². The van der Waals surface area contributed by atoms with Crippen LogP contribution in [0.4, 0.5) is 5.69 Å². The monoisotopic (exact) mass is 385 g/mol. The van der Waals surface area contributed by atoms with Crippen molar-refractivity contribution in [2.24, 2.45) is 0 Å². The third-order valence-corrected chi connectivity index (χ3v) is 6.41. The third-order valence-electron chi connectivity index (χ3n) is 6.41. The number of anilines is 1. The summed E-state index contributed by atoms with van der Waals surface area (Å²) in [4.78, 5) is 4.10. The van der Waals surface area contributed by atoms with Crippen molar-refractivity contribution in [1.29, 1.82) is 0 Å². The average molecular weight is 386 g/mol. The maximum absolute atomic E-state index is 5.28. The van der Waals surface area contributed by atoms with E-state index in [2.05, 4.69) is 44.2 Å². The predicted molar refractivity (Wildman–Crippen MR) is 109 cm³/mol. The molecular formula is C21H33N6O+. The summed E-state index contributed by atoms with van der Waals surface area (Å²) in [5, 5.41) is 13.0. The molecule has 1 aliphatic heterocycles. The second-order valence-electron chi connectivity index (χ2n) is 8.10. The van der Waals surface area contributed by atoms with E-state index >= 15 is 0 Å². The zero-order chi connectivity index (χ0) is 19.3. The number of hydrogen-bond acceptors (Lipinski definition) is 5. The van der Waals surface area contributed by atoms with Crippen molar-refractivity contribution in [2.45, 2.75) is 57.5 Å². The minimum absolute atomic E-state index is 0.401. The molecule has 1 saturated carbocycles. The quantitative estimate of drug-likeness (QED) is 0.790. The Balaban J connectivity index is 1.44. The van der Waals surface area contributed by atoms with Crippen LogP contribution >= 0.6 is 0 Å².